The summed E-state index contributed by atoms with van der Waals surface area (Å²) in [5.74, 6) is -0.199. The molecule has 1 atom stereocenters. The first-order valence-corrected chi connectivity index (χ1v) is 6.95. The molecular formula is C14H21NO2S. The van der Waals surface area contributed by atoms with Crippen LogP contribution in [0.3, 0.4) is 0 Å². The van der Waals surface area contributed by atoms with Crippen molar-refractivity contribution in [2.24, 2.45) is 0 Å². The van der Waals surface area contributed by atoms with E-state index < -0.39 is 0 Å². The Labute approximate surface area is 113 Å². The highest BCUT2D eigenvalue weighted by molar-refractivity contribution is 7.99. The van der Waals surface area contributed by atoms with Crippen LogP contribution in [0, 0.1) is 0 Å². The third kappa shape index (κ3) is 4.70. The molecule has 3 nitrogen and oxygen atoms in total. The summed E-state index contributed by atoms with van der Waals surface area (Å²) in [6.45, 7) is 4.35. The molecule has 0 fully saturated rings. The van der Waals surface area contributed by atoms with Crippen molar-refractivity contribution >= 4 is 17.7 Å². The maximum atomic E-state index is 11.3. The molecule has 0 heterocycles. The molecule has 1 aromatic rings. The molecule has 1 aromatic carbocycles. The van der Waals surface area contributed by atoms with Gasteiger partial charge in [0.1, 0.15) is 0 Å². The monoisotopic (exact) mass is 267 g/mol. The van der Waals surface area contributed by atoms with Gasteiger partial charge in [-0.25, -0.2) is 0 Å². The van der Waals surface area contributed by atoms with Gasteiger partial charge in [0.15, 0.2) is 0 Å². The summed E-state index contributed by atoms with van der Waals surface area (Å²) in [4.78, 5) is 12.6. The maximum absolute atomic E-state index is 11.3. The van der Waals surface area contributed by atoms with Gasteiger partial charge in [0.25, 0.3) is 0 Å². The minimum absolute atomic E-state index is 0.00977. The number of methoxy groups -OCH3 is 1. The van der Waals surface area contributed by atoms with Gasteiger partial charge in [-0.05, 0) is 24.7 Å². The van der Waals surface area contributed by atoms with E-state index in [2.05, 4.69) is 43.4 Å². The lowest BCUT2D eigenvalue weighted by atomic mass is 10.0. The van der Waals surface area contributed by atoms with Gasteiger partial charge in [0.2, 0.25) is 0 Å². The second kappa shape index (κ2) is 7.44. The van der Waals surface area contributed by atoms with Crippen molar-refractivity contribution in [1.29, 1.82) is 0 Å². The summed E-state index contributed by atoms with van der Waals surface area (Å²) in [6.07, 6.45) is 0.351. The molecule has 100 valence electrons. The van der Waals surface area contributed by atoms with Gasteiger partial charge in [0, 0.05) is 16.2 Å². The number of carbonyl (C=O) groups excluding carboxylic acids is 1. The first-order chi connectivity index (χ1) is 8.56. The summed E-state index contributed by atoms with van der Waals surface area (Å²) in [5, 5.41) is 3.71. The predicted molar refractivity (Wildman–Crippen MR) is 75.9 cm³/mol. The Morgan fingerprint density at radius 3 is 2.39 bits per heavy atom. The topological polar surface area (TPSA) is 38.3 Å². The van der Waals surface area contributed by atoms with E-state index in [1.54, 1.807) is 0 Å². The molecule has 0 bridgehead atoms. The van der Waals surface area contributed by atoms with Gasteiger partial charge in [-0.15, -0.1) is 11.8 Å². The number of carbonyl (C=O) groups is 1. The van der Waals surface area contributed by atoms with Crippen molar-refractivity contribution in [3.05, 3.63) is 29.8 Å². The predicted octanol–water partition coefficient (Wildman–Crippen LogP) is 3.01. The van der Waals surface area contributed by atoms with E-state index >= 15 is 0 Å². The minimum Gasteiger partial charge on any atom is -0.469 e. The van der Waals surface area contributed by atoms with Crippen LogP contribution in [-0.2, 0) is 9.53 Å². The zero-order valence-electron chi connectivity index (χ0n) is 11.4. The molecule has 0 aliphatic heterocycles. The molecule has 1 N–H and O–H groups in total. The van der Waals surface area contributed by atoms with Crippen LogP contribution >= 0.6 is 11.8 Å². The number of nitrogens with one attached hydrogen (secondary N) is 1. The Balaban J connectivity index is 2.72. The smallest absolute Gasteiger partial charge is 0.307 e. The summed E-state index contributed by atoms with van der Waals surface area (Å²) < 4.78 is 4.70. The molecule has 0 aliphatic carbocycles. The van der Waals surface area contributed by atoms with Crippen LogP contribution in [0.1, 0.15) is 31.9 Å². The second-order valence-electron chi connectivity index (χ2n) is 4.36. The first-order valence-electron chi connectivity index (χ1n) is 6.07. The minimum atomic E-state index is -0.199. The molecule has 0 aliphatic rings. The zero-order chi connectivity index (χ0) is 13.5. The van der Waals surface area contributed by atoms with E-state index in [1.165, 1.54) is 12.0 Å². The number of ether oxygens (including phenoxy) is 1. The van der Waals surface area contributed by atoms with Gasteiger partial charge >= 0.3 is 5.97 Å². The SMILES string of the molecule is CNC(CC(=O)OC)c1ccc(SC(C)C)cc1. The quantitative estimate of drug-likeness (QED) is 0.635. The summed E-state index contributed by atoms with van der Waals surface area (Å²) in [5.41, 5.74) is 1.11. The van der Waals surface area contributed by atoms with Gasteiger partial charge < -0.3 is 10.1 Å². The molecule has 0 aromatic heterocycles. The van der Waals surface area contributed by atoms with E-state index in [-0.39, 0.29) is 12.0 Å². The standard InChI is InChI=1S/C14H21NO2S/c1-10(2)18-12-7-5-11(6-8-12)13(15-3)9-14(16)17-4/h5-8,10,13,15H,9H2,1-4H3. The van der Waals surface area contributed by atoms with E-state index in [0.717, 1.165) is 5.56 Å². The lowest BCUT2D eigenvalue weighted by Gasteiger charge is -2.16. The Morgan fingerprint density at radius 1 is 1.33 bits per heavy atom. The van der Waals surface area contributed by atoms with Crippen LogP contribution in [0.4, 0.5) is 0 Å². The van der Waals surface area contributed by atoms with Crippen LogP contribution in [-0.4, -0.2) is 25.4 Å². The molecule has 18 heavy (non-hydrogen) atoms. The average molecular weight is 267 g/mol. The molecule has 0 spiro atoms. The second-order valence-corrected chi connectivity index (χ2v) is 6.01. The van der Waals surface area contributed by atoms with Crippen LogP contribution in [0.2, 0.25) is 0 Å². The van der Waals surface area contributed by atoms with Gasteiger partial charge in [-0.2, -0.15) is 0 Å². The highest BCUT2D eigenvalue weighted by Crippen LogP contribution is 2.25. The van der Waals surface area contributed by atoms with Gasteiger partial charge in [-0.3, -0.25) is 4.79 Å². The molecule has 0 amide bonds. The Bertz CT molecular complexity index is 376. The van der Waals surface area contributed by atoms with E-state index in [4.69, 9.17) is 4.74 Å². The third-order valence-corrected chi connectivity index (χ3v) is 3.62. The van der Waals surface area contributed by atoms with Crippen molar-refractivity contribution in [3.8, 4) is 0 Å². The van der Waals surface area contributed by atoms with Crippen LogP contribution in [0.15, 0.2) is 29.2 Å². The largest absolute Gasteiger partial charge is 0.469 e. The van der Waals surface area contributed by atoms with Crippen LogP contribution in [0.25, 0.3) is 0 Å². The number of benzene rings is 1. The lowest BCUT2D eigenvalue weighted by Crippen LogP contribution is -2.20. The molecule has 4 heteroatoms. The first kappa shape index (κ1) is 15.1. The van der Waals surface area contributed by atoms with Crippen molar-refractivity contribution in [3.63, 3.8) is 0 Å². The normalized spacial score (nSPS) is 12.5. The molecule has 0 saturated heterocycles. The molecule has 1 unspecified atom stereocenters. The molecule has 0 saturated carbocycles. The number of hydrogen-bond donors (Lipinski definition) is 1. The fourth-order valence-electron chi connectivity index (χ4n) is 1.69. The van der Waals surface area contributed by atoms with Crippen molar-refractivity contribution in [2.45, 2.75) is 36.5 Å². The maximum Gasteiger partial charge on any atom is 0.307 e. The third-order valence-electron chi connectivity index (χ3n) is 2.60. The van der Waals surface area contributed by atoms with E-state index in [1.807, 2.05) is 18.8 Å². The Hall–Kier alpha value is -1.00. The number of esters is 1. The highest BCUT2D eigenvalue weighted by atomic mass is 32.2. The van der Waals surface area contributed by atoms with E-state index in [0.29, 0.717) is 11.7 Å². The molecule has 0 radical (unpaired) electrons. The van der Waals surface area contributed by atoms with Crippen LogP contribution in [0.5, 0.6) is 0 Å². The van der Waals surface area contributed by atoms with E-state index in [9.17, 15) is 4.79 Å². The highest BCUT2D eigenvalue weighted by Gasteiger charge is 2.14. The summed E-state index contributed by atoms with van der Waals surface area (Å²) >= 11 is 1.83. The van der Waals surface area contributed by atoms with Crippen molar-refractivity contribution in [1.82, 2.24) is 5.32 Å². The fourth-order valence-corrected chi connectivity index (χ4v) is 2.52. The van der Waals surface area contributed by atoms with Gasteiger partial charge in [-0.1, -0.05) is 26.0 Å². The summed E-state index contributed by atoms with van der Waals surface area (Å²) in [7, 11) is 3.27. The zero-order valence-corrected chi connectivity index (χ0v) is 12.2. The Morgan fingerprint density at radius 2 is 1.94 bits per heavy atom. The molecule has 1 rings (SSSR count). The fraction of sp³-hybridized carbons (Fsp3) is 0.500. The van der Waals surface area contributed by atoms with Crippen molar-refractivity contribution < 1.29 is 9.53 Å². The number of hydrogen-bond acceptors (Lipinski definition) is 4. The number of rotatable bonds is 6. The Kier molecular flexibility index (Phi) is 6.22. The van der Waals surface area contributed by atoms with Crippen LogP contribution < -0.4 is 5.32 Å². The number of thioether (sulfide) groups is 1. The average Bonchev–Trinajstić information content (AvgIpc) is 2.36. The molecular weight excluding hydrogens is 246 g/mol. The van der Waals surface area contributed by atoms with Crippen molar-refractivity contribution in [2.75, 3.05) is 14.2 Å². The summed E-state index contributed by atoms with van der Waals surface area (Å²) in [6, 6.07) is 8.34. The lowest BCUT2D eigenvalue weighted by molar-refractivity contribution is -0.141. The van der Waals surface area contributed by atoms with Gasteiger partial charge in [0.05, 0.1) is 13.5 Å².